The van der Waals surface area contributed by atoms with E-state index in [1.54, 1.807) is 19.5 Å². The summed E-state index contributed by atoms with van der Waals surface area (Å²) in [6, 6.07) is 21.5. The van der Waals surface area contributed by atoms with E-state index >= 15 is 0 Å². The standard InChI is InChI=1S/C24H23N5O2S/c1-31-21-9-7-18(8-10-21)11-16-26-22(30)17-32-24-28-27-23(19-12-14-25-15-13-19)29(24)20-5-3-2-4-6-20/h2-10,12-15H,11,16-17H2,1H3,(H,26,30). The minimum absolute atomic E-state index is 0.0448. The van der Waals surface area contributed by atoms with Crippen LogP contribution in [0, 0.1) is 0 Å². The van der Waals surface area contributed by atoms with Crippen LogP contribution in [0.4, 0.5) is 0 Å². The van der Waals surface area contributed by atoms with E-state index in [4.69, 9.17) is 4.74 Å². The largest absolute Gasteiger partial charge is 0.497 e. The highest BCUT2D eigenvalue weighted by Gasteiger charge is 2.17. The SMILES string of the molecule is COc1ccc(CCNC(=O)CSc2nnc(-c3ccncc3)n2-c2ccccc2)cc1. The predicted molar refractivity (Wildman–Crippen MR) is 125 cm³/mol. The average molecular weight is 446 g/mol. The lowest BCUT2D eigenvalue weighted by atomic mass is 10.1. The van der Waals surface area contributed by atoms with Crippen LogP contribution in [0.2, 0.25) is 0 Å². The van der Waals surface area contributed by atoms with Gasteiger partial charge in [-0.05, 0) is 48.4 Å². The predicted octanol–water partition coefficient (Wildman–Crippen LogP) is 3.79. The summed E-state index contributed by atoms with van der Waals surface area (Å²) in [7, 11) is 1.64. The number of ether oxygens (including phenoxy) is 1. The van der Waals surface area contributed by atoms with Gasteiger partial charge in [-0.25, -0.2) is 0 Å². The number of rotatable bonds is 9. The highest BCUT2D eigenvalue weighted by molar-refractivity contribution is 7.99. The van der Waals surface area contributed by atoms with Crippen LogP contribution in [0.3, 0.4) is 0 Å². The summed E-state index contributed by atoms with van der Waals surface area (Å²) in [5.41, 5.74) is 2.99. The molecule has 0 saturated heterocycles. The van der Waals surface area contributed by atoms with Gasteiger partial charge in [0.15, 0.2) is 11.0 Å². The van der Waals surface area contributed by atoms with Gasteiger partial charge in [0.25, 0.3) is 0 Å². The van der Waals surface area contributed by atoms with Crippen molar-refractivity contribution in [1.82, 2.24) is 25.1 Å². The molecule has 1 N–H and O–H groups in total. The Bertz CT molecular complexity index is 1150. The number of nitrogens with zero attached hydrogens (tertiary/aromatic N) is 4. The van der Waals surface area contributed by atoms with Crippen molar-refractivity contribution in [2.75, 3.05) is 19.4 Å². The molecule has 0 bridgehead atoms. The molecule has 8 heteroatoms. The monoisotopic (exact) mass is 445 g/mol. The molecule has 2 heterocycles. The first-order valence-electron chi connectivity index (χ1n) is 10.2. The van der Waals surface area contributed by atoms with Gasteiger partial charge in [-0.15, -0.1) is 10.2 Å². The lowest BCUT2D eigenvalue weighted by Crippen LogP contribution is -2.27. The fraction of sp³-hybridized carbons (Fsp3) is 0.167. The van der Waals surface area contributed by atoms with Gasteiger partial charge in [-0.2, -0.15) is 0 Å². The highest BCUT2D eigenvalue weighted by atomic mass is 32.2. The van der Waals surface area contributed by atoms with Crippen LogP contribution >= 0.6 is 11.8 Å². The molecule has 2 aromatic carbocycles. The fourth-order valence-electron chi connectivity index (χ4n) is 3.18. The van der Waals surface area contributed by atoms with Crippen LogP contribution in [0.15, 0.2) is 84.3 Å². The van der Waals surface area contributed by atoms with Crippen LogP contribution in [0.25, 0.3) is 17.1 Å². The Hall–Kier alpha value is -3.65. The zero-order valence-corrected chi connectivity index (χ0v) is 18.5. The topological polar surface area (TPSA) is 81.9 Å². The third-order valence-electron chi connectivity index (χ3n) is 4.81. The molecule has 0 aliphatic rings. The zero-order valence-electron chi connectivity index (χ0n) is 17.6. The third kappa shape index (κ3) is 5.33. The van der Waals surface area contributed by atoms with Crippen molar-refractivity contribution in [3.05, 3.63) is 84.7 Å². The molecule has 0 spiro atoms. The van der Waals surface area contributed by atoms with Gasteiger partial charge in [0, 0.05) is 30.2 Å². The molecular formula is C24H23N5O2S. The minimum Gasteiger partial charge on any atom is -0.497 e. The van der Waals surface area contributed by atoms with Crippen LogP contribution in [-0.2, 0) is 11.2 Å². The van der Waals surface area contributed by atoms with E-state index in [9.17, 15) is 4.79 Å². The molecule has 0 atom stereocenters. The first-order chi connectivity index (χ1) is 15.7. The summed E-state index contributed by atoms with van der Waals surface area (Å²) in [5.74, 6) is 1.74. The molecular weight excluding hydrogens is 422 g/mol. The lowest BCUT2D eigenvalue weighted by Gasteiger charge is -2.10. The molecule has 2 aromatic heterocycles. The second kappa shape index (κ2) is 10.6. The summed E-state index contributed by atoms with van der Waals surface area (Å²) in [6.45, 7) is 0.569. The number of para-hydroxylation sites is 1. The quantitative estimate of drug-likeness (QED) is 0.395. The van der Waals surface area contributed by atoms with Crippen LogP contribution < -0.4 is 10.1 Å². The van der Waals surface area contributed by atoms with Crippen molar-refractivity contribution in [1.29, 1.82) is 0 Å². The molecule has 1 amide bonds. The number of thioether (sulfide) groups is 1. The Labute approximate surface area is 190 Å². The van der Waals surface area contributed by atoms with Crippen molar-refractivity contribution in [2.24, 2.45) is 0 Å². The number of carbonyl (C=O) groups is 1. The number of aromatic nitrogens is 4. The Morgan fingerprint density at radius 1 is 1.00 bits per heavy atom. The third-order valence-corrected chi connectivity index (χ3v) is 5.74. The van der Waals surface area contributed by atoms with Crippen molar-refractivity contribution in [2.45, 2.75) is 11.6 Å². The number of amides is 1. The molecule has 0 aliphatic heterocycles. The molecule has 0 fully saturated rings. The molecule has 4 rings (SSSR count). The number of carbonyl (C=O) groups excluding carboxylic acids is 1. The van der Waals surface area contributed by atoms with Gasteiger partial charge in [0.2, 0.25) is 5.91 Å². The van der Waals surface area contributed by atoms with Crippen molar-refractivity contribution >= 4 is 17.7 Å². The minimum atomic E-state index is -0.0448. The van der Waals surface area contributed by atoms with Gasteiger partial charge in [-0.3, -0.25) is 14.3 Å². The summed E-state index contributed by atoms with van der Waals surface area (Å²) < 4.78 is 7.13. The molecule has 7 nitrogen and oxygen atoms in total. The van der Waals surface area contributed by atoms with Crippen molar-refractivity contribution in [3.63, 3.8) is 0 Å². The zero-order chi connectivity index (χ0) is 22.2. The number of pyridine rings is 1. The second-order valence-electron chi connectivity index (χ2n) is 6.95. The van der Waals surface area contributed by atoms with Crippen LogP contribution in [0.5, 0.6) is 5.75 Å². The van der Waals surface area contributed by atoms with Crippen LogP contribution in [0.1, 0.15) is 5.56 Å². The van der Waals surface area contributed by atoms with Gasteiger partial charge in [-0.1, -0.05) is 42.1 Å². The molecule has 0 unspecified atom stereocenters. The molecule has 0 radical (unpaired) electrons. The number of benzene rings is 2. The van der Waals surface area contributed by atoms with Crippen molar-refractivity contribution < 1.29 is 9.53 Å². The van der Waals surface area contributed by atoms with Crippen LogP contribution in [-0.4, -0.2) is 45.1 Å². The number of hydrogen-bond donors (Lipinski definition) is 1. The smallest absolute Gasteiger partial charge is 0.230 e. The van der Waals surface area contributed by atoms with Gasteiger partial charge in [0.1, 0.15) is 5.75 Å². The lowest BCUT2D eigenvalue weighted by molar-refractivity contribution is -0.118. The maximum absolute atomic E-state index is 12.4. The second-order valence-corrected chi connectivity index (χ2v) is 7.89. The Kier molecular flexibility index (Phi) is 7.14. The highest BCUT2D eigenvalue weighted by Crippen LogP contribution is 2.27. The summed E-state index contributed by atoms with van der Waals surface area (Å²) in [6.07, 6.45) is 4.21. The number of methoxy groups -OCH3 is 1. The first kappa shape index (κ1) is 21.6. The van der Waals surface area contributed by atoms with E-state index in [2.05, 4.69) is 20.5 Å². The maximum Gasteiger partial charge on any atom is 0.230 e. The van der Waals surface area contributed by atoms with E-state index in [0.717, 1.165) is 29.0 Å². The van der Waals surface area contributed by atoms with Gasteiger partial charge >= 0.3 is 0 Å². The average Bonchev–Trinajstić information content (AvgIpc) is 3.28. The van der Waals surface area contributed by atoms with E-state index in [1.165, 1.54) is 11.8 Å². The molecule has 162 valence electrons. The fourth-order valence-corrected chi connectivity index (χ4v) is 3.96. The summed E-state index contributed by atoms with van der Waals surface area (Å²) in [5, 5.41) is 12.4. The maximum atomic E-state index is 12.4. The van der Waals surface area contributed by atoms with Crippen molar-refractivity contribution in [3.8, 4) is 22.8 Å². The summed E-state index contributed by atoms with van der Waals surface area (Å²) in [4.78, 5) is 16.5. The summed E-state index contributed by atoms with van der Waals surface area (Å²) >= 11 is 1.36. The Morgan fingerprint density at radius 3 is 2.47 bits per heavy atom. The Balaban J connectivity index is 1.40. The van der Waals surface area contributed by atoms with E-state index in [0.29, 0.717) is 17.5 Å². The van der Waals surface area contributed by atoms with Gasteiger partial charge in [0.05, 0.1) is 12.9 Å². The first-order valence-corrected chi connectivity index (χ1v) is 11.2. The Morgan fingerprint density at radius 2 is 1.75 bits per heavy atom. The van der Waals surface area contributed by atoms with E-state index in [-0.39, 0.29) is 11.7 Å². The number of nitrogens with one attached hydrogen (secondary N) is 1. The molecule has 32 heavy (non-hydrogen) atoms. The van der Waals surface area contributed by atoms with E-state index in [1.807, 2.05) is 71.3 Å². The molecule has 4 aromatic rings. The van der Waals surface area contributed by atoms with E-state index < -0.39 is 0 Å². The normalized spacial score (nSPS) is 10.7. The molecule has 0 saturated carbocycles. The molecule has 0 aliphatic carbocycles. The van der Waals surface area contributed by atoms with Gasteiger partial charge < -0.3 is 10.1 Å². The number of hydrogen-bond acceptors (Lipinski definition) is 6.